The van der Waals surface area contributed by atoms with Crippen molar-refractivity contribution in [1.82, 2.24) is 9.97 Å². The third-order valence-electron chi connectivity index (χ3n) is 2.56. The molecule has 0 aromatic carbocycles. The molecule has 0 fully saturated rings. The highest BCUT2D eigenvalue weighted by Crippen LogP contribution is 2.20. The number of rotatable bonds is 5. The topological polar surface area (TPSA) is 66.3 Å². The van der Waals surface area contributed by atoms with Crippen LogP contribution in [0.3, 0.4) is 0 Å². The van der Waals surface area contributed by atoms with Crippen LogP contribution in [0.5, 0.6) is 0 Å². The molecule has 0 bridgehead atoms. The first kappa shape index (κ1) is 13.3. The Kier molecular flexibility index (Phi) is 4.37. The average molecular weight is 241 g/mol. The van der Waals surface area contributed by atoms with Crippen molar-refractivity contribution in [2.75, 3.05) is 11.4 Å². The Hall–Kier alpha value is -1.72. The predicted molar refractivity (Wildman–Crippen MR) is 61.5 cm³/mol. The highest BCUT2D eigenvalue weighted by Gasteiger charge is 2.21. The Morgan fingerprint density at radius 2 is 2.24 bits per heavy atom. The van der Waals surface area contributed by atoms with Gasteiger partial charge in [0.15, 0.2) is 11.6 Å². The van der Waals surface area contributed by atoms with Gasteiger partial charge in [-0.3, -0.25) is 4.79 Å². The summed E-state index contributed by atoms with van der Waals surface area (Å²) in [6, 6.07) is -0.318. The van der Waals surface area contributed by atoms with Gasteiger partial charge < -0.3 is 10.0 Å². The molecule has 0 spiro atoms. The van der Waals surface area contributed by atoms with Gasteiger partial charge in [-0.25, -0.2) is 14.4 Å². The Balaban J connectivity index is 3.01. The van der Waals surface area contributed by atoms with Gasteiger partial charge >= 0.3 is 5.97 Å². The molecule has 6 heteroatoms. The van der Waals surface area contributed by atoms with E-state index in [9.17, 15) is 9.18 Å². The lowest BCUT2D eigenvalue weighted by Crippen LogP contribution is -2.36. The monoisotopic (exact) mass is 241 g/mol. The summed E-state index contributed by atoms with van der Waals surface area (Å²) in [4.78, 5) is 19.9. The lowest BCUT2D eigenvalue weighted by atomic mass is 10.2. The zero-order chi connectivity index (χ0) is 13.0. The number of carboxylic acid groups (broad SMARTS) is 1. The third kappa shape index (κ3) is 3.12. The predicted octanol–water partition coefficient (Wildman–Crippen LogP) is 1.61. The van der Waals surface area contributed by atoms with Gasteiger partial charge in [-0.05, 0) is 20.8 Å². The van der Waals surface area contributed by atoms with Crippen molar-refractivity contribution in [3.63, 3.8) is 0 Å². The van der Waals surface area contributed by atoms with E-state index in [1.165, 1.54) is 6.33 Å². The number of halogens is 1. The van der Waals surface area contributed by atoms with Gasteiger partial charge in [0.2, 0.25) is 0 Å². The second-order valence-electron chi connectivity index (χ2n) is 3.83. The van der Waals surface area contributed by atoms with Crippen LogP contribution in [0.15, 0.2) is 6.33 Å². The minimum Gasteiger partial charge on any atom is -0.481 e. The van der Waals surface area contributed by atoms with Gasteiger partial charge in [-0.2, -0.15) is 0 Å². The smallest absolute Gasteiger partial charge is 0.305 e. The van der Waals surface area contributed by atoms with Crippen LogP contribution in [0.4, 0.5) is 10.2 Å². The van der Waals surface area contributed by atoms with Gasteiger partial charge in [0.05, 0.1) is 12.1 Å². The number of carboxylic acids is 1. The van der Waals surface area contributed by atoms with Crippen molar-refractivity contribution in [2.45, 2.75) is 33.2 Å². The maximum Gasteiger partial charge on any atom is 0.305 e. The van der Waals surface area contributed by atoms with Crippen LogP contribution in [0.1, 0.15) is 26.0 Å². The molecule has 1 unspecified atom stereocenters. The first-order valence-corrected chi connectivity index (χ1v) is 5.42. The van der Waals surface area contributed by atoms with E-state index in [1.54, 1.807) is 18.7 Å². The average Bonchev–Trinajstić information content (AvgIpc) is 2.24. The maximum atomic E-state index is 13.8. The molecule has 1 aromatic heterocycles. The maximum absolute atomic E-state index is 13.8. The van der Waals surface area contributed by atoms with Crippen molar-refractivity contribution in [1.29, 1.82) is 0 Å². The summed E-state index contributed by atoms with van der Waals surface area (Å²) in [7, 11) is 0. The second kappa shape index (κ2) is 5.56. The molecule has 0 radical (unpaired) electrons. The minimum absolute atomic E-state index is 0.0592. The van der Waals surface area contributed by atoms with E-state index in [4.69, 9.17) is 5.11 Å². The van der Waals surface area contributed by atoms with Crippen LogP contribution >= 0.6 is 0 Å². The Labute approximate surface area is 99.3 Å². The molecule has 1 heterocycles. The molecule has 5 nitrogen and oxygen atoms in total. The van der Waals surface area contributed by atoms with Crippen LogP contribution in [-0.4, -0.2) is 33.6 Å². The van der Waals surface area contributed by atoms with Gasteiger partial charge in [0.1, 0.15) is 6.33 Å². The number of nitrogens with zero attached hydrogens (tertiary/aromatic N) is 3. The molecule has 1 atom stereocenters. The van der Waals surface area contributed by atoms with Crippen molar-refractivity contribution in [3.8, 4) is 0 Å². The molecule has 0 amide bonds. The van der Waals surface area contributed by atoms with E-state index in [0.717, 1.165) is 0 Å². The third-order valence-corrected chi connectivity index (χ3v) is 2.56. The summed E-state index contributed by atoms with van der Waals surface area (Å²) in [6.45, 7) is 5.60. The quantitative estimate of drug-likeness (QED) is 0.848. The molecular formula is C11H16FN3O2. The SMILES string of the molecule is CCN(c1ncnc(C)c1F)C(C)CC(=O)O. The molecule has 17 heavy (non-hydrogen) atoms. The normalized spacial score (nSPS) is 12.2. The van der Waals surface area contributed by atoms with E-state index < -0.39 is 11.8 Å². The highest BCUT2D eigenvalue weighted by atomic mass is 19.1. The summed E-state index contributed by atoms with van der Waals surface area (Å²) in [5.41, 5.74) is 0.260. The molecule has 0 aliphatic heterocycles. The molecule has 0 aliphatic rings. The Morgan fingerprint density at radius 1 is 1.59 bits per heavy atom. The number of hydrogen-bond acceptors (Lipinski definition) is 4. The van der Waals surface area contributed by atoms with E-state index in [2.05, 4.69) is 9.97 Å². The van der Waals surface area contributed by atoms with Gasteiger partial charge in [-0.15, -0.1) is 0 Å². The van der Waals surface area contributed by atoms with Gasteiger partial charge in [0, 0.05) is 12.6 Å². The lowest BCUT2D eigenvalue weighted by Gasteiger charge is -2.28. The molecule has 1 N–H and O–H groups in total. The van der Waals surface area contributed by atoms with Crippen molar-refractivity contribution < 1.29 is 14.3 Å². The first-order valence-electron chi connectivity index (χ1n) is 5.42. The van der Waals surface area contributed by atoms with E-state index in [0.29, 0.717) is 6.54 Å². The van der Waals surface area contributed by atoms with E-state index in [-0.39, 0.29) is 24.0 Å². The van der Waals surface area contributed by atoms with Crippen molar-refractivity contribution in [3.05, 3.63) is 17.8 Å². The molecule has 1 aromatic rings. The second-order valence-corrected chi connectivity index (χ2v) is 3.83. The molecule has 94 valence electrons. The number of aryl methyl sites for hydroxylation is 1. The number of aliphatic carboxylic acids is 1. The molecule has 0 saturated carbocycles. The lowest BCUT2D eigenvalue weighted by molar-refractivity contribution is -0.137. The minimum atomic E-state index is -0.915. The summed E-state index contributed by atoms with van der Waals surface area (Å²) < 4.78 is 13.8. The summed E-state index contributed by atoms with van der Waals surface area (Å²) in [5.74, 6) is -1.25. The number of hydrogen-bond donors (Lipinski definition) is 1. The molecular weight excluding hydrogens is 225 g/mol. The van der Waals surface area contributed by atoms with Crippen LogP contribution < -0.4 is 4.90 Å². The summed E-state index contributed by atoms with van der Waals surface area (Å²) in [5, 5.41) is 8.75. The molecule has 0 aliphatic carbocycles. The largest absolute Gasteiger partial charge is 0.481 e. The van der Waals surface area contributed by atoms with E-state index in [1.807, 2.05) is 6.92 Å². The first-order chi connectivity index (χ1) is 7.97. The number of anilines is 1. The fourth-order valence-corrected chi connectivity index (χ4v) is 1.68. The van der Waals surface area contributed by atoms with Gasteiger partial charge in [0.25, 0.3) is 0 Å². The zero-order valence-corrected chi connectivity index (χ0v) is 10.1. The van der Waals surface area contributed by atoms with Crippen LogP contribution in [-0.2, 0) is 4.79 Å². The van der Waals surface area contributed by atoms with E-state index >= 15 is 0 Å². The fourth-order valence-electron chi connectivity index (χ4n) is 1.68. The molecule has 1 rings (SSSR count). The summed E-state index contributed by atoms with van der Waals surface area (Å²) >= 11 is 0. The fraction of sp³-hybridized carbons (Fsp3) is 0.545. The van der Waals surface area contributed by atoms with Crippen LogP contribution in [0.25, 0.3) is 0 Å². The zero-order valence-electron chi connectivity index (χ0n) is 10.1. The molecule has 0 saturated heterocycles. The van der Waals surface area contributed by atoms with Gasteiger partial charge in [-0.1, -0.05) is 0 Å². The van der Waals surface area contributed by atoms with Crippen LogP contribution in [0.2, 0.25) is 0 Å². The Morgan fingerprint density at radius 3 is 2.76 bits per heavy atom. The van der Waals surface area contributed by atoms with Crippen molar-refractivity contribution in [2.24, 2.45) is 0 Å². The highest BCUT2D eigenvalue weighted by molar-refractivity contribution is 5.68. The number of aromatic nitrogens is 2. The number of carbonyl (C=O) groups is 1. The Bertz CT molecular complexity index is 412. The van der Waals surface area contributed by atoms with Crippen molar-refractivity contribution >= 4 is 11.8 Å². The van der Waals surface area contributed by atoms with Crippen LogP contribution in [0, 0.1) is 12.7 Å². The standard InChI is InChI=1S/C11H16FN3O2/c1-4-15(7(2)5-9(16)17)11-10(12)8(3)13-6-14-11/h6-7H,4-5H2,1-3H3,(H,16,17). The summed E-state index contributed by atoms with van der Waals surface area (Å²) in [6.07, 6.45) is 1.22.